The van der Waals surface area contributed by atoms with Crippen LogP contribution in [-0.2, 0) is 4.79 Å². The lowest BCUT2D eigenvalue weighted by Crippen LogP contribution is -2.07. The number of hydrogen-bond donors (Lipinski definition) is 0. The zero-order valence-electron chi connectivity index (χ0n) is 8.22. The highest BCUT2D eigenvalue weighted by molar-refractivity contribution is 5.83. The number of carbonyl (C=O) groups excluding carboxylic acids is 1. The van der Waals surface area contributed by atoms with E-state index in [2.05, 4.69) is 32.9 Å². The van der Waals surface area contributed by atoms with Crippen LogP contribution in [0.3, 0.4) is 0 Å². The minimum atomic E-state index is 0.0271. The van der Waals surface area contributed by atoms with Crippen LogP contribution in [0.2, 0.25) is 0 Å². The van der Waals surface area contributed by atoms with Crippen molar-refractivity contribution in [1.29, 1.82) is 0 Å². The molecule has 1 unspecified atom stereocenters. The molecule has 0 saturated heterocycles. The van der Waals surface area contributed by atoms with E-state index in [1.807, 2.05) is 6.08 Å². The first-order valence-electron chi connectivity index (χ1n) is 4.32. The Labute approximate surface area is 74.2 Å². The quantitative estimate of drug-likeness (QED) is 0.582. The van der Waals surface area contributed by atoms with Crippen LogP contribution < -0.4 is 0 Å². The van der Waals surface area contributed by atoms with Crippen molar-refractivity contribution in [3.8, 4) is 0 Å². The third-order valence-corrected chi connectivity index (χ3v) is 2.18. The number of ketones is 1. The SMILES string of the molecule is CC(=O)C1C=CC(C(C)(C)C)=C1. The maximum Gasteiger partial charge on any atom is 0.140 e. The lowest BCUT2D eigenvalue weighted by atomic mass is 9.87. The van der Waals surface area contributed by atoms with Gasteiger partial charge in [-0.25, -0.2) is 0 Å². The summed E-state index contributed by atoms with van der Waals surface area (Å²) in [7, 11) is 0. The zero-order valence-corrected chi connectivity index (χ0v) is 8.22. The lowest BCUT2D eigenvalue weighted by molar-refractivity contribution is -0.118. The molecule has 1 aliphatic carbocycles. The lowest BCUT2D eigenvalue weighted by Gasteiger charge is -2.18. The Morgan fingerprint density at radius 1 is 1.42 bits per heavy atom. The molecule has 0 bridgehead atoms. The molecule has 0 aromatic heterocycles. The Balaban J connectivity index is 2.82. The summed E-state index contributed by atoms with van der Waals surface area (Å²) >= 11 is 0. The summed E-state index contributed by atoms with van der Waals surface area (Å²) in [6.07, 6.45) is 6.09. The Morgan fingerprint density at radius 2 is 2.00 bits per heavy atom. The number of Topliss-reactive ketones (excluding diaryl/α,β-unsaturated/α-hetero) is 1. The van der Waals surface area contributed by atoms with E-state index in [-0.39, 0.29) is 17.1 Å². The predicted octanol–water partition coefficient (Wildman–Crippen LogP) is 2.73. The van der Waals surface area contributed by atoms with Crippen LogP contribution in [0.15, 0.2) is 23.8 Å². The van der Waals surface area contributed by atoms with Crippen LogP contribution in [0.4, 0.5) is 0 Å². The Hall–Kier alpha value is -0.850. The molecular weight excluding hydrogens is 148 g/mol. The molecule has 1 atom stereocenters. The largest absolute Gasteiger partial charge is 0.299 e. The normalized spacial score (nSPS) is 22.7. The van der Waals surface area contributed by atoms with Gasteiger partial charge in [0.2, 0.25) is 0 Å². The highest BCUT2D eigenvalue weighted by Gasteiger charge is 2.21. The summed E-state index contributed by atoms with van der Waals surface area (Å²) in [5.74, 6) is 0.254. The monoisotopic (exact) mass is 164 g/mol. The van der Waals surface area contributed by atoms with Crippen molar-refractivity contribution in [1.82, 2.24) is 0 Å². The van der Waals surface area contributed by atoms with Crippen LogP contribution in [0.5, 0.6) is 0 Å². The molecule has 1 heteroatoms. The van der Waals surface area contributed by atoms with E-state index in [9.17, 15) is 4.79 Å². The van der Waals surface area contributed by atoms with Crippen LogP contribution in [-0.4, -0.2) is 5.78 Å². The number of rotatable bonds is 1. The van der Waals surface area contributed by atoms with Crippen molar-refractivity contribution < 1.29 is 4.79 Å². The fraction of sp³-hybridized carbons (Fsp3) is 0.545. The average Bonchev–Trinajstić information content (AvgIpc) is 2.30. The van der Waals surface area contributed by atoms with Gasteiger partial charge in [0.1, 0.15) is 5.78 Å². The van der Waals surface area contributed by atoms with Crippen molar-refractivity contribution >= 4 is 5.78 Å². The minimum absolute atomic E-state index is 0.0271. The van der Waals surface area contributed by atoms with Gasteiger partial charge < -0.3 is 0 Å². The van der Waals surface area contributed by atoms with Crippen molar-refractivity contribution in [2.24, 2.45) is 11.3 Å². The van der Waals surface area contributed by atoms with Crippen molar-refractivity contribution in [2.45, 2.75) is 27.7 Å². The summed E-state index contributed by atoms with van der Waals surface area (Å²) in [6.45, 7) is 8.11. The van der Waals surface area contributed by atoms with Gasteiger partial charge in [0.05, 0.1) is 5.92 Å². The summed E-state index contributed by atoms with van der Waals surface area (Å²) in [5, 5.41) is 0. The number of allylic oxidation sites excluding steroid dienone is 4. The minimum Gasteiger partial charge on any atom is -0.299 e. The fourth-order valence-electron chi connectivity index (χ4n) is 1.26. The molecule has 1 nitrogen and oxygen atoms in total. The summed E-state index contributed by atoms with van der Waals surface area (Å²) in [4.78, 5) is 11.0. The molecular formula is C11H16O. The van der Waals surface area contributed by atoms with Gasteiger partial charge >= 0.3 is 0 Å². The predicted molar refractivity (Wildman–Crippen MR) is 50.8 cm³/mol. The second-order valence-corrected chi connectivity index (χ2v) is 4.37. The van der Waals surface area contributed by atoms with Gasteiger partial charge in [-0.2, -0.15) is 0 Å². The first-order valence-corrected chi connectivity index (χ1v) is 4.32. The van der Waals surface area contributed by atoms with Gasteiger partial charge in [0.25, 0.3) is 0 Å². The molecule has 0 heterocycles. The summed E-state index contributed by atoms with van der Waals surface area (Å²) in [5.41, 5.74) is 1.43. The summed E-state index contributed by atoms with van der Waals surface area (Å²) < 4.78 is 0. The molecule has 0 aromatic carbocycles. The first kappa shape index (κ1) is 9.24. The van der Waals surface area contributed by atoms with E-state index in [1.165, 1.54) is 5.57 Å². The van der Waals surface area contributed by atoms with Crippen LogP contribution >= 0.6 is 0 Å². The maximum absolute atomic E-state index is 11.0. The van der Waals surface area contributed by atoms with E-state index in [4.69, 9.17) is 0 Å². The molecule has 0 radical (unpaired) electrons. The third-order valence-electron chi connectivity index (χ3n) is 2.18. The van der Waals surface area contributed by atoms with Gasteiger partial charge in [-0.3, -0.25) is 4.79 Å². The fourth-order valence-corrected chi connectivity index (χ4v) is 1.26. The molecule has 0 spiro atoms. The molecule has 0 aliphatic heterocycles. The van der Waals surface area contributed by atoms with Gasteiger partial charge in [0.15, 0.2) is 0 Å². The van der Waals surface area contributed by atoms with Gasteiger partial charge in [-0.1, -0.05) is 39.0 Å². The summed E-state index contributed by atoms with van der Waals surface area (Å²) in [6, 6.07) is 0. The standard InChI is InChI=1S/C11H16O/c1-8(12)9-5-6-10(7-9)11(2,3)4/h5-7,9H,1-4H3. The molecule has 1 aliphatic rings. The average molecular weight is 164 g/mol. The van der Waals surface area contributed by atoms with Crippen LogP contribution in [0, 0.1) is 11.3 Å². The third kappa shape index (κ3) is 1.84. The van der Waals surface area contributed by atoms with Gasteiger partial charge in [-0.15, -0.1) is 0 Å². The van der Waals surface area contributed by atoms with E-state index < -0.39 is 0 Å². The second-order valence-electron chi connectivity index (χ2n) is 4.37. The first-order chi connectivity index (χ1) is 5.41. The molecule has 66 valence electrons. The molecule has 0 amide bonds. The van der Waals surface area contributed by atoms with Crippen molar-refractivity contribution in [3.63, 3.8) is 0 Å². The highest BCUT2D eigenvalue weighted by Crippen LogP contribution is 2.31. The topological polar surface area (TPSA) is 17.1 Å². The van der Waals surface area contributed by atoms with Crippen LogP contribution in [0.25, 0.3) is 0 Å². The molecule has 0 aromatic rings. The molecule has 1 rings (SSSR count). The Kier molecular flexibility index (Phi) is 2.22. The number of hydrogen-bond acceptors (Lipinski definition) is 1. The van der Waals surface area contributed by atoms with Crippen molar-refractivity contribution in [3.05, 3.63) is 23.8 Å². The van der Waals surface area contributed by atoms with Crippen molar-refractivity contribution in [2.75, 3.05) is 0 Å². The van der Waals surface area contributed by atoms with E-state index >= 15 is 0 Å². The Morgan fingerprint density at radius 3 is 2.25 bits per heavy atom. The molecule has 0 N–H and O–H groups in total. The van der Waals surface area contributed by atoms with E-state index in [0.29, 0.717) is 0 Å². The van der Waals surface area contributed by atoms with Gasteiger partial charge in [-0.05, 0) is 17.9 Å². The van der Waals surface area contributed by atoms with E-state index in [1.54, 1.807) is 6.92 Å². The molecule has 12 heavy (non-hydrogen) atoms. The zero-order chi connectivity index (χ0) is 9.35. The smallest absolute Gasteiger partial charge is 0.140 e. The van der Waals surface area contributed by atoms with Gasteiger partial charge in [0, 0.05) is 0 Å². The second kappa shape index (κ2) is 2.89. The number of carbonyl (C=O) groups is 1. The molecule has 0 saturated carbocycles. The highest BCUT2D eigenvalue weighted by atomic mass is 16.1. The van der Waals surface area contributed by atoms with Crippen LogP contribution in [0.1, 0.15) is 27.7 Å². The maximum atomic E-state index is 11.0. The Bertz CT molecular complexity index is 251. The molecule has 0 fully saturated rings. The van der Waals surface area contributed by atoms with E-state index in [0.717, 1.165) is 0 Å².